The largest absolute Gasteiger partial charge is 0.307 e. The lowest BCUT2D eigenvalue weighted by Crippen LogP contribution is -1.93. The van der Waals surface area contributed by atoms with Gasteiger partial charge in [0.05, 0.1) is 0 Å². The van der Waals surface area contributed by atoms with E-state index >= 15 is 0 Å². The minimum absolute atomic E-state index is 0.660. The molecule has 1 aliphatic heterocycles. The molecule has 0 radical (unpaired) electrons. The highest BCUT2D eigenvalue weighted by molar-refractivity contribution is 5.33. The third-order valence-electron chi connectivity index (χ3n) is 2.36. The molecule has 0 aliphatic carbocycles. The summed E-state index contributed by atoms with van der Waals surface area (Å²) >= 11 is 0. The summed E-state index contributed by atoms with van der Waals surface area (Å²) in [4.78, 5) is 0. The highest BCUT2D eigenvalue weighted by Crippen LogP contribution is 2.25. The maximum atomic E-state index is 3.35. The van der Waals surface area contributed by atoms with Crippen LogP contribution in [0.15, 0.2) is 24.3 Å². The van der Waals surface area contributed by atoms with Crippen molar-refractivity contribution in [3.63, 3.8) is 0 Å². The second kappa shape index (κ2) is 3.28. The van der Waals surface area contributed by atoms with E-state index in [1.165, 1.54) is 30.5 Å². The molecule has 0 spiro atoms. The van der Waals surface area contributed by atoms with Gasteiger partial charge in [0, 0.05) is 12.6 Å². The number of nitrogens with one attached hydrogen (secondary N) is 1. The molecule has 2 rings (SSSR count). The van der Waals surface area contributed by atoms with Gasteiger partial charge in [0.25, 0.3) is 0 Å². The van der Waals surface area contributed by atoms with Gasteiger partial charge in [0.1, 0.15) is 0 Å². The second-order valence-electron chi connectivity index (χ2n) is 3.41. The van der Waals surface area contributed by atoms with Crippen LogP contribution in [0.5, 0.6) is 0 Å². The van der Waals surface area contributed by atoms with Crippen LogP contribution in [0.25, 0.3) is 0 Å². The smallest absolute Gasteiger partial charge is 0.0450 e. The van der Waals surface area contributed by atoms with Gasteiger partial charge in [-0.25, -0.2) is 0 Å². The lowest BCUT2D eigenvalue weighted by molar-refractivity contribution is 0.893. The molecule has 12 heavy (non-hydrogen) atoms. The lowest BCUT2D eigenvalue weighted by Gasteiger charge is -2.05. The van der Waals surface area contributed by atoms with E-state index in [2.05, 4.69) is 36.5 Å². The van der Waals surface area contributed by atoms with Gasteiger partial charge in [-0.1, -0.05) is 37.6 Å². The summed E-state index contributed by atoms with van der Waals surface area (Å²) in [6.45, 7) is 3.40. The van der Waals surface area contributed by atoms with Crippen molar-refractivity contribution in [2.45, 2.75) is 25.8 Å². The summed E-state index contributed by atoms with van der Waals surface area (Å²) in [7, 11) is 0. The third kappa shape index (κ3) is 1.51. The Morgan fingerprint density at radius 2 is 2.17 bits per heavy atom. The van der Waals surface area contributed by atoms with Crippen LogP contribution < -0.4 is 5.32 Å². The van der Waals surface area contributed by atoms with Crippen molar-refractivity contribution < 1.29 is 0 Å². The normalized spacial score (nSPS) is 20.9. The maximum absolute atomic E-state index is 3.35. The van der Waals surface area contributed by atoms with Crippen molar-refractivity contribution >= 4 is 0 Å². The fraction of sp³-hybridized carbons (Fsp3) is 0.455. The molecule has 1 N–H and O–H groups in total. The van der Waals surface area contributed by atoms with Gasteiger partial charge in [0.2, 0.25) is 0 Å². The van der Waals surface area contributed by atoms with E-state index < -0.39 is 0 Å². The molecule has 0 aromatic heterocycles. The molecule has 0 bridgehead atoms. The molecule has 1 aromatic rings. The first-order valence-corrected chi connectivity index (χ1v) is 4.73. The van der Waals surface area contributed by atoms with Crippen molar-refractivity contribution in [2.75, 3.05) is 6.54 Å². The lowest BCUT2D eigenvalue weighted by atomic mass is 10.0. The summed E-state index contributed by atoms with van der Waals surface area (Å²) in [6.07, 6.45) is 2.46. The quantitative estimate of drug-likeness (QED) is 0.675. The van der Waals surface area contributed by atoms with Crippen LogP contribution >= 0.6 is 0 Å². The maximum Gasteiger partial charge on any atom is 0.0450 e. The topological polar surface area (TPSA) is 21.9 Å². The van der Waals surface area contributed by atoms with Gasteiger partial charge in [-0.3, -0.25) is 0 Å². The Hall–Kier alpha value is -0.820. The number of hydrogen-bond donors (Lipinski definition) is 1. The molecule has 0 saturated carbocycles. The monoisotopic (exact) mass is 161 g/mol. The third-order valence-corrected chi connectivity index (χ3v) is 2.36. The fourth-order valence-corrected chi connectivity index (χ4v) is 1.65. The molecule has 1 nitrogen and oxygen atoms in total. The van der Waals surface area contributed by atoms with Crippen molar-refractivity contribution in [2.24, 2.45) is 0 Å². The van der Waals surface area contributed by atoms with Crippen LogP contribution in [0.3, 0.4) is 0 Å². The Labute approximate surface area is 73.8 Å². The SMILES string of the molecule is CCCc1ccccc1C1CN1. The number of hydrogen-bond acceptors (Lipinski definition) is 1. The molecule has 1 fully saturated rings. The Bertz CT molecular complexity index is 263. The summed E-state index contributed by atoms with van der Waals surface area (Å²) in [5.74, 6) is 0. The van der Waals surface area contributed by atoms with Crippen LogP contribution in [0, 0.1) is 0 Å². The molecule has 1 unspecified atom stereocenters. The average Bonchev–Trinajstić information content (AvgIpc) is 2.89. The highest BCUT2D eigenvalue weighted by Gasteiger charge is 2.23. The fourth-order valence-electron chi connectivity index (χ4n) is 1.65. The predicted octanol–water partition coefficient (Wildman–Crippen LogP) is 2.28. The Morgan fingerprint density at radius 1 is 1.42 bits per heavy atom. The minimum Gasteiger partial charge on any atom is -0.307 e. The molecular weight excluding hydrogens is 146 g/mol. The Balaban J connectivity index is 2.24. The molecule has 1 atom stereocenters. The van der Waals surface area contributed by atoms with Crippen LogP contribution in [-0.4, -0.2) is 6.54 Å². The van der Waals surface area contributed by atoms with Gasteiger partial charge in [0.15, 0.2) is 0 Å². The minimum atomic E-state index is 0.660. The average molecular weight is 161 g/mol. The van der Waals surface area contributed by atoms with Gasteiger partial charge in [-0.05, 0) is 17.5 Å². The second-order valence-corrected chi connectivity index (χ2v) is 3.41. The number of rotatable bonds is 3. The zero-order valence-electron chi connectivity index (χ0n) is 7.51. The molecule has 64 valence electrons. The number of aryl methyl sites for hydroxylation is 1. The van der Waals surface area contributed by atoms with E-state index in [1.807, 2.05) is 0 Å². The van der Waals surface area contributed by atoms with Gasteiger partial charge >= 0.3 is 0 Å². The molecule has 1 heterocycles. The van der Waals surface area contributed by atoms with E-state index in [0.717, 1.165) is 0 Å². The van der Waals surface area contributed by atoms with Gasteiger partial charge in [-0.15, -0.1) is 0 Å². The van der Waals surface area contributed by atoms with E-state index in [0.29, 0.717) is 6.04 Å². The van der Waals surface area contributed by atoms with Crippen LogP contribution in [0.1, 0.15) is 30.5 Å². The summed E-state index contributed by atoms with van der Waals surface area (Å²) < 4.78 is 0. The first-order chi connectivity index (χ1) is 5.92. The predicted molar refractivity (Wildman–Crippen MR) is 51.2 cm³/mol. The summed E-state index contributed by atoms with van der Waals surface area (Å²) in [5, 5.41) is 3.35. The Kier molecular flexibility index (Phi) is 2.13. The van der Waals surface area contributed by atoms with Crippen molar-refractivity contribution in [1.82, 2.24) is 5.32 Å². The van der Waals surface area contributed by atoms with E-state index in [9.17, 15) is 0 Å². The van der Waals surface area contributed by atoms with E-state index in [-0.39, 0.29) is 0 Å². The molecule has 1 aliphatic rings. The number of benzene rings is 1. The standard InChI is InChI=1S/C11H15N/c1-2-5-9-6-3-4-7-10(9)11-8-12-11/h3-4,6-7,11-12H,2,5,8H2,1H3. The Morgan fingerprint density at radius 3 is 2.83 bits per heavy atom. The molecular formula is C11H15N. The van der Waals surface area contributed by atoms with Crippen molar-refractivity contribution in [1.29, 1.82) is 0 Å². The van der Waals surface area contributed by atoms with Crippen molar-refractivity contribution in [3.8, 4) is 0 Å². The van der Waals surface area contributed by atoms with Gasteiger partial charge in [-0.2, -0.15) is 0 Å². The van der Waals surface area contributed by atoms with Crippen LogP contribution in [-0.2, 0) is 6.42 Å². The highest BCUT2D eigenvalue weighted by atomic mass is 15.1. The molecule has 1 heteroatoms. The zero-order valence-corrected chi connectivity index (χ0v) is 7.51. The van der Waals surface area contributed by atoms with E-state index in [1.54, 1.807) is 0 Å². The first-order valence-electron chi connectivity index (χ1n) is 4.73. The summed E-state index contributed by atoms with van der Waals surface area (Å²) in [5.41, 5.74) is 3.04. The van der Waals surface area contributed by atoms with Crippen LogP contribution in [0.2, 0.25) is 0 Å². The zero-order chi connectivity index (χ0) is 8.39. The summed E-state index contributed by atoms with van der Waals surface area (Å²) in [6, 6.07) is 9.42. The van der Waals surface area contributed by atoms with Crippen LogP contribution in [0.4, 0.5) is 0 Å². The van der Waals surface area contributed by atoms with E-state index in [4.69, 9.17) is 0 Å². The van der Waals surface area contributed by atoms with Crippen molar-refractivity contribution in [3.05, 3.63) is 35.4 Å². The van der Waals surface area contributed by atoms with Gasteiger partial charge < -0.3 is 5.32 Å². The first kappa shape index (κ1) is 7.81. The molecule has 1 aromatic carbocycles. The molecule has 0 amide bonds. The molecule has 1 saturated heterocycles.